The van der Waals surface area contributed by atoms with Gasteiger partial charge in [-0.2, -0.15) is 5.10 Å². The first kappa shape index (κ1) is 19.4. The van der Waals surface area contributed by atoms with E-state index in [-0.39, 0.29) is 11.8 Å². The SMILES string of the molecule is O=C(CCc1c[nH]c2ccccc12)N1CC[C@@H](c2cc(COc3ccccc3)[nH]n2)C1. The van der Waals surface area contributed by atoms with Crippen molar-refractivity contribution in [2.45, 2.75) is 31.8 Å². The number of fused-ring (bicyclic) bond motifs is 1. The van der Waals surface area contributed by atoms with Crippen LogP contribution in [0.3, 0.4) is 0 Å². The van der Waals surface area contributed by atoms with Crippen LogP contribution in [-0.4, -0.2) is 39.1 Å². The first-order valence-electron chi connectivity index (χ1n) is 10.8. The maximum atomic E-state index is 12.8. The lowest BCUT2D eigenvalue weighted by atomic mass is 10.1. The molecule has 1 fully saturated rings. The Balaban J connectivity index is 1.14. The Kier molecular flexibility index (Phi) is 5.44. The minimum atomic E-state index is 0.218. The summed E-state index contributed by atoms with van der Waals surface area (Å²) in [5, 5.41) is 8.76. The van der Waals surface area contributed by atoms with Crippen LogP contribution < -0.4 is 4.74 Å². The highest BCUT2D eigenvalue weighted by Gasteiger charge is 2.28. The number of carbonyl (C=O) groups is 1. The quantitative estimate of drug-likeness (QED) is 0.470. The van der Waals surface area contributed by atoms with Gasteiger partial charge in [-0.15, -0.1) is 0 Å². The van der Waals surface area contributed by atoms with Gasteiger partial charge in [0.05, 0.1) is 11.4 Å². The molecule has 6 nitrogen and oxygen atoms in total. The van der Waals surface area contributed by atoms with Gasteiger partial charge in [-0.3, -0.25) is 9.89 Å². The largest absolute Gasteiger partial charge is 0.487 e. The number of H-pyrrole nitrogens is 2. The van der Waals surface area contributed by atoms with Crippen LogP contribution in [0.5, 0.6) is 5.75 Å². The van der Waals surface area contributed by atoms with Gasteiger partial charge in [0.15, 0.2) is 0 Å². The number of benzene rings is 2. The Bertz CT molecular complexity index is 1160. The number of para-hydroxylation sites is 2. The van der Waals surface area contributed by atoms with E-state index in [1.807, 2.05) is 53.6 Å². The number of aryl methyl sites for hydroxylation is 1. The van der Waals surface area contributed by atoms with Crippen molar-refractivity contribution in [3.05, 3.63) is 83.8 Å². The smallest absolute Gasteiger partial charge is 0.222 e. The molecule has 0 bridgehead atoms. The predicted molar refractivity (Wildman–Crippen MR) is 120 cm³/mol. The Morgan fingerprint density at radius 1 is 1.13 bits per heavy atom. The molecule has 31 heavy (non-hydrogen) atoms. The van der Waals surface area contributed by atoms with Crippen LogP contribution in [0.25, 0.3) is 10.9 Å². The molecule has 1 saturated heterocycles. The van der Waals surface area contributed by atoms with E-state index in [1.54, 1.807) is 0 Å². The van der Waals surface area contributed by atoms with Crippen LogP contribution in [0.4, 0.5) is 0 Å². The average Bonchev–Trinajstić information content (AvgIpc) is 3.56. The number of amides is 1. The van der Waals surface area contributed by atoms with Crippen LogP contribution in [-0.2, 0) is 17.8 Å². The number of nitrogens with one attached hydrogen (secondary N) is 2. The minimum Gasteiger partial charge on any atom is -0.487 e. The summed E-state index contributed by atoms with van der Waals surface area (Å²) in [6, 6.07) is 20.0. The van der Waals surface area contributed by atoms with Crippen LogP contribution in [0.2, 0.25) is 0 Å². The van der Waals surface area contributed by atoms with Crippen LogP contribution >= 0.6 is 0 Å². The number of hydrogen-bond donors (Lipinski definition) is 2. The summed E-state index contributed by atoms with van der Waals surface area (Å²) in [4.78, 5) is 18.1. The molecule has 1 aliphatic rings. The van der Waals surface area contributed by atoms with Gasteiger partial charge < -0.3 is 14.6 Å². The number of rotatable bonds is 7. The number of likely N-dealkylation sites (tertiary alicyclic amines) is 1. The lowest BCUT2D eigenvalue weighted by molar-refractivity contribution is -0.130. The zero-order valence-corrected chi connectivity index (χ0v) is 17.4. The third-order valence-electron chi connectivity index (χ3n) is 6.03. The number of aromatic amines is 2. The molecule has 0 radical (unpaired) electrons. The second kappa shape index (κ2) is 8.68. The molecule has 5 rings (SSSR count). The van der Waals surface area contributed by atoms with E-state index in [2.05, 4.69) is 33.4 Å². The third-order valence-corrected chi connectivity index (χ3v) is 6.03. The van der Waals surface area contributed by atoms with Gasteiger partial charge in [0.1, 0.15) is 12.4 Å². The molecule has 2 aromatic heterocycles. The van der Waals surface area contributed by atoms with E-state index in [0.29, 0.717) is 13.0 Å². The van der Waals surface area contributed by atoms with Gasteiger partial charge in [0.25, 0.3) is 0 Å². The summed E-state index contributed by atoms with van der Waals surface area (Å²) >= 11 is 0. The molecule has 0 aliphatic carbocycles. The summed E-state index contributed by atoms with van der Waals surface area (Å²) in [5.74, 6) is 1.33. The van der Waals surface area contributed by atoms with Gasteiger partial charge in [-0.05, 0) is 42.7 Å². The van der Waals surface area contributed by atoms with Crippen LogP contribution in [0, 0.1) is 0 Å². The summed E-state index contributed by atoms with van der Waals surface area (Å²) in [5.41, 5.74) is 4.29. The van der Waals surface area contributed by atoms with Crippen LogP contribution in [0.15, 0.2) is 66.9 Å². The minimum absolute atomic E-state index is 0.218. The predicted octanol–water partition coefficient (Wildman–Crippen LogP) is 4.42. The molecule has 2 aromatic carbocycles. The second-order valence-electron chi connectivity index (χ2n) is 8.10. The lowest BCUT2D eigenvalue weighted by Gasteiger charge is -2.16. The first-order valence-corrected chi connectivity index (χ1v) is 10.8. The van der Waals surface area contributed by atoms with Crippen molar-refractivity contribution in [3.8, 4) is 5.75 Å². The first-order chi connectivity index (χ1) is 15.3. The van der Waals surface area contributed by atoms with E-state index < -0.39 is 0 Å². The van der Waals surface area contributed by atoms with Crippen LogP contribution in [0.1, 0.15) is 35.7 Å². The summed E-state index contributed by atoms with van der Waals surface area (Å²) in [6.07, 6.45) is 4.26. The molecular weight excluding hydrogens is 388 g/mol. The van der Waals surface area contributed by atoms with E-state index >= 15 is 0 Å². The van der Waals surface area contributed by atoms with E-state index in [9.17, 15) is 4.79 Å². The molecule has 158 valence electrons. The summed E-state index contributed by atoms with van der Waals surface area (Å²) in [7, 11) is 0. The van der Waals surface area contributed by atoms with Crippen molar-refractivity contribution in [1.82, 2.24) is 20.1 Å². The molecule has 0 unspecified atom stereocenters. The normalized spacial score (nSPS) is 16.1. The molecule has 6 heteroatoms. The number of ether oxygens (including phenoxy) is 1. The number of aromatic nitrogens is 3. The van der Waals surface area contributed by atoms with Gasteiger partial charge in [-0.1, -0.05) is 36.4 Å². The van der Waals surface area contributed by atoms with Gasteiger partial charge in [-0.25, -0.2) is 0 Å². The van der Waals surface area contributed by atoms with Crippen molar-refractivity contribution < 1.29 is 9.53 Å². The van der Waals surface area contributed by atoms with E-state index in [0.717, 1.165) is 48.6 Å². The molecule has 1 atom stereocenters. The lowest BCUT2D eigenvalue weighted by Crippen LogP contribution is -2.28. The fourth-order valence-corrected chi connectivity index (χ4v) is 4.31. The maximum Gasteiger partial charge on any atom is 0.222 e. The standard InChI is InChI=1S/C25H26N4O2/c30-25(11-10-18-15-26-23-9-5-4-8-22(18)23)29-13-12-19(16-29)24-14-20(27-28-24)17-31-21-6-2-1-3-7-21/h1-9,14-15,19,26H,10-13,16-17H2,(H,27,28)/t19-/m1/s1. The molecule has 0 spiro atoms. The fourth-order valence-electron chi connectivity index (χ4n) is 4.31. The highest BCUT2D eigenvalue weighted by atomic mass is 16.5. The number of carbonyl (C=O) groups excluding carboxylic acids is 1. The highest BCUT2D eigenvalue weighted by molar-refractivity contribution is 5.84. The molecule has 3 heterocycles. The van der Waals surface area contributed by atoms with Crippen molar-refractivity contribution in [2.24, 2.45) is 0 Å². The fraction of sp³-hybridized carbons (Fsp3) is 0.280. The Labute approximate surface area is 181 Å². The Hall–Kier alpha value is -3.54. The van der Waals surface area contributed by atoms with Crippen molar-refractivity contribution in [2.75, 3.05) is 13.1 Å². The molecule has 4 aromatic rings. The van der Waals surface area contributed by atoms with Crippen molar-refractivity contribution in [3.63, 3.8) is 0 Å². The Morgan fingerprint density at radius 2 is 1.97 bits per heavy atom. The third kappa shape index (κ3) is 4.33. The molecule has 1 aliphatic heterocycles. The average molecular weight is 415 g/mol. The summed E-state index contributed by atoms with van der Waals surface area (Å²) < 4.78 is 5.79. The van der Waals surface area contributed by atoms with E-state index in [1.165, 1.54) is 10.9 Å². The van der Waals surface area contributed by atoms with E-state index in [4.69, 9.17) is 4.74 Å². The van der Waals surface area contributed by atoms with Gasteiger partial charge >= 0.3 is 0 Å². The maximum absolute atomic E-state index is 12.8. The molecular formula is C25H26N4O2. The highest BCUT2D eigenvalue weighted by Crippen LogP contribution is 2.27. The second-order valence-corrected chi connectivity index (χ2v) is 8.10. The molecule has 1 amide bonds. The van der Waals surface area contributed by atoms with Gasteiger partial charge in [0, 0.05) is 42.5 Å². The number of nitrogens with zero attached hydrogens (tertiary/aromatic N) is 2. The summed E-state index contributed by atoms with van der Waals surface area (Å²) in [6.45, 7) is 1.98. The van der Waals surface area contributed by atoms with Crippen molar-refractivity contribution >= 4 is 16.8 Å². The molecule has 0 saturated carbocycles. The topological polar surface area (TPSA) is 74.0 Å². The monoisotopic (exact) mass is 414 g/mol. The van der Waals surface area contributed by atoms with Crippen molar-refractivity contribution in [1.29, 1.82) is 0 Å². The number of hydrogen-bond acceptors (Lipinski definition) is 3. The van der Waals surface area contributed by atoms with Gasteiger partial charge in [0.2, 0.25) is 5.91 Å². The zero-order valence-electron chi connectivity index (χ0n) is 17.4. The zero-order chi connectivity index (χ0) is 21.0. The molecule has 2 N–H and O–H groups in total. The Morgan fingerprint density at radius 3 is 2.87 bits per heavy atom.